The summed E-state index contributed by atoms with van der Waals surface area (Å²) in [5, 5.41) is 3.66. The van der Waals surface area contributed by atoms with Crippen LogP contribution in [0.25, 0.3) is 0 Å². The average Bonchev–Trinajstić information content (AvgIpc) is 2.49. The number of nitrogens with one attached hydrogen (secondary N) is 3. The first kappa shape index (κ1) is 16.4. The van der Waals surface area contributed by atoms with Crippen LogP contribution in [-0.2, 0) is 0 Å². The molecule has 2 aromatic carbocycles. The molecule has 0 atom stereocenters. The maximum absolute atomic E-state index is 11.9. The topological polar surface area (TPSA) is 70.2 Å². The summed E-state index contributed by atoms with van der Waals surface area (Å²) in [5.41, 5.74) is 5.11. The third-order valence-corrected chi connectivity index (χ3v) is 3.38. The van der Waals surface area contributed by atoms with Crippen molar-refractivity contribution < 1.29 is 9.59 Å². The number of rotatable bonds is 2. The van der Waals surface area contributed by atoms with Gasteiger partial charge in [0.05, 0.1) is 10.6 Å². The molecule has 0 fully saturated rings. The molecule has 0 saturated carbocycles. The van der Waals surface area contributed by atoms with Gasteiger partial charge < -0.3 is 5.32 Å². The first-order chi connectivity index (χ1) is 10.5. The van der Waals surface area contributed by atoms with E-state index in [1.807, 2.05) is 0 Å². The highest BCUT2D eigenvalue weighted by atomic mass is 35.5. The van der Waals surface area contributed by atoms with Gasteiger partial charge in [-0.05, 0) is 42.5 Å². The Hall–Kier alpha value is -1.95. The Kier molecular flexibility index (Phi) is 5.49. The van der Waals surface area contributed by atoms with E-state index >= 15 is 0 Å². The highest BCUT2D eigenvalue weighted by molar-refractivity contribution is 6.35. The van der Waals surface area contributed by atoms with Crippen molar-refractivity contribution in [3.05, 3.63) is 63.1 Å². The fraction of sp³-hybridized carbons (Fsp3) is 0. The first-order valence-corrected chi connectivity index (χ1v) is 7.17. The minimum absolute atomic E-state index is 0.154. The Bertz CT molecular complexity index is 705. The lowest BCUT2D eigenvalue weighted by Gasteiger charge is -2.10. The van der Waals surface area contributed by atoms with E-state index < -0.39 is 11.9 Å². The molecule has 2 rings (SSSR count). The van der Waals surface area contributed by atoms with Crippen molar-refractivity contribution in [1.29, 1.82) is 0 Å². The minimum atomic E-state index is -0.617. The Balaban J connectivity index is 1.91. The Morgan fingerprint density at radius 3 is 2.14 bits per heavy atom. The van der Waals surface area contributed by atoms with Gasteiger partial charge in [-0.15, -0.1) is 0 Å². The number of carbonyl (C=O) groups is 2. The van der Waals surface area contributed by atoms with Crippen LogP contribution in [0.5, 0.6) is 0 Å². The summed E-state index contributed by atoms with van der Waals surface area (Å²) in [6, 6.07) is 10.3. The van der Waals surface area contributed by atoms with E-state index in [0.29, 0.717) is 15.7 Å². The molecule has 0 unspecified atom stereocenters. The third-order valence-electron chi connectivity index (χ3n) is 2.56. The maximum Gasteiger partial charge on any atom is 0.337 e. The zero-order valence-electron chi connectivity index (χ0n) is 11.0. The zero-order valence-corrected chi connectivity index (χ0v) is 13.3. The molecule has 2 aromatic rings. The van der Waals surface area contributed by atoms with Crippen molar-refractivity contribution in [2.75, 3.05) is 5.32 Å². The second kappa shape index (κ2) is 7.35. The molecule has 3 N–H and O–H groups in total. The number of halogens is 3. The van der Waals surface area contributed by atoms with Gasteiger partial charge in [-0.2, -0.15) is 0 Å². The smallest absolute Gasteiger partial charge is 0.307 e. The van der Waals surface area contributed by atoms with E-state index in [-0.39, 0.29) is 10.6 Å². The van der Waals surface area contributed by atoms with Crippen LogP contribution in [0.2, 0.25) is 15.1 Å². The van der Waals surface area contributed by atoms with Gasteiger partial charge in [0.25, 0.3) is 5.91 Å². The molecule has 0 aliphatic carbocycles. The molecular weight excluding hydrogens is 349 g/mol. The van der Waals surface area contributed by atoms with Crippen LogP contribution in [0.15, 0.2) is 42.5 Å². The van der Waals surface area contributed by atoms with Crippen molar-refractivity contribution in [2.45, 2.75) is 0 Å². The number of hydrogen-bond donors (Lipinski definition) is 3. The molecule has 0 saturated heterocycles. The van der Waals surface area contributed by atoms with Gasteiger partial charge in [0.2, 0.25) is 0 Å². The van der Waals surface area contributed by atoms with Gasteiger partial charge in [-0.1, -0.05) is 34.8 Å². The number of urea groups is 1. The Morgan fingerprint density at radius 2 is 1.45 bits per heavy atom. The monoisotopic (exact) mass is 357 g/mol. The molecule has 0 radical (unpaired) electrons. The maximum atomic E-state index is 11.9. The quantitative estimate of drug-likeness (QED) is 0.707. The summed E-state index contributed by atoms with van der Waals surface area (Å²) >= 11 is 17.4. The fourth-order valence-corrected chi connectivity index (χ4v) is 2.05. The predicted molar refractivity (Wildman–Crippen MR) is 87.5 cm³/mol. The van der Waals surface area contributed by atoms with Crippen LogP contribution in [0.1, 0.15) is 10.4 Å². The van der Waals surface area contributed by atoms with Gasteiger partial charge in [0, 0.05) is 15.7 Å². The molecular formula is C14H10Cl3N3O2. The molecule has 0 aliphatic heterocycles. The molecule has 0 heterocycles. The van der Waals surface area contributed by atoms with Crippen LogP contribution in [-0.4, -0.2) is 11.9 Å². The molecule has 0 aromatic heterocycles. The number of benzene rings is 2. The lowest BCUT2D eigenvalue weighted by molar-refractivity contribution is 0.0938. The van der Waals surface area contributed by atoms with Crippen molar-refractivity contribution in [1.82, 2.24) is 10.9 Å². The van der Waals surface area contributed by atoms with Crippen molar-refractivity contribution in [3.63, 3.8) is 0 Å². The SMILES string of the molecule is O=C(NNC(=O)c1cc(Cl)ccc1Cl)Nc1ccc(Cl)cc1. The van der Waals surface area contributed by atoms with Crippen molar-refractivity contribution >= 4 is 52.4 Å². The summed E-state index contributed by atoms with van der Waals surface area (Å²) in [6.07, 6.45) is 0. The zero-order chi connectivity index (χ0) is 16.1. The predicted octanol–water partition coefficient (Wildman–Crippen LogP) is 4.11. The fourth-order valence-electron chi connectivity index (χ4n) is 1.55. The van der Waals surface area contributed by atoms with E-state index in [1.54, 1.807) is 30.3 Å². The average molecular weight is 359 g/mol. The van der Waals surface area contributed by atoms with E-state index in [1.165, 1.54) is 12.1 Å². The molecule has 114 valence electrons. The summed E-state index contributed by atoms with van der Waals surface area (Å²) in [6.45, 7) is 0. The van der Waals surface area contributed by atoms with Gasteiger partial charge in [-0.3, -0.25) is 10.2 Å². The first-order valence-electron chi connectivity index (χ1n) is 6.03. The molecule has 0 spiro atoms. The van der Waals surface area contributed by atoms with Crippen molar-refractivity contribution in [3.8, 4) is 0 Å². The summed E-state index contributed by atoms with van der Waals surface area (Å²) < 4.78 is 0. The summed E-state index contributed by atoms with van der Waals surface area (Å²) in [7, 11) is 0. The lowest BCUT2D eigenvalue weighted by Crippen LogP contribution is -2.44. The van der Waals surface area contributed by atoms with Gasteiger partial charge in [0.1, 0.15) is 0 Å². The van der Waals surface area contributed by atoms with Crippen LogP contribution in [0, 0.1) is 0 Å². The molecule has 0 bridgehead atoms. The van der Waals surface area contributed by atoms with E-state index in [4.69, 9.17) is 34.8 Å². The van der Waals surface area contributed by atoms with Gasteiger partial charge in [-0.25, -0.2) is 10.2 Å². The Labute approximate surface area is 141 Å². The van der Waals surface area contributed by atoms with Gasteiger partial charge >= 0.3 is 6.03 Å². The standard InChI is InChI=1S/C14H10Cl3N3O2/c15-8-1-4-10(5-2-8)18-14(22)20-19-13(21)11-7-9(16)3-6-12(11)17/h1-7H,(H,19,21)(H2,18,20,22). The molecule has 8 heteroatoms. The lowest BCUT2D eigenvalue weighted by atomic mass is 10.2. The van der Waals surface area contributed by atoms with E-state index in [2.05, 4.69) is 16.2 Å². The normalized spacial score (nSPS) is 9.95. The van der Waals surface area contributed by atoms with E-state index in [9.17, 15) is 9.59 Å². The van der Waals surface area contributed by atoms with Crippen LogP contribution >= 0.6 is 34.8 Å². The molecule has 0 aliphatic rings. The summed E-state index contributed by atoms with van der Waals surface area (Å²) in [5.74, 6) is -0.584. The van der Waals surface area contributed by atoms with Crippen LogP contribution < -0.4 is 16.2 Å². The van der Waals surface area contributed by atoms with Crippen molar-refractivity contribution in [2.24, 2.45) is 0 Å². The number of amides is 3. The summed E-state index contributed by atoms with van der Waals surface area (Å²) in [4.78, 5) is 23.6. The molecule has 5 nitrogen and oxygen atoms in total. The number of carbonyl (C=O) groups excluding carboxylic acids is 2. The van der Waals surface area contributed by atoms with E-state index in [0.717, 1.165) is 0 Å². The highest BCUT2D eigenvalue weighted by Crippen LogP contribution is 2.20. The number of anilines is 1. The number of hydrogen-bond acceptors (Lipinski definition) is 2. The third kappa shape index (κ3) is 4.53. The Morgan fingerprint density at radius 1 is 0.818 bits per heavy atom. The number of hydrazine groups is 1. The highest BCUT2D eigenvalue weighted by Gasteiger charge is 2.12. The van der Waals surface area contributed by atoms with Gasteiger partial charge in [0.15, 0.2) is 0 Å². The van der Waals surface area contributed by atoms with Crippen LogP contribution in [0.4, 0.5) is 10.5 Å². The second-order valence-corrected chi connectivity index (χ2v) is 5.44. The minimum Gasteiger partial charge on any atom is -0.307 e. The largest absolute Gasteiger partial charge is 0.337 e. The van der Waals surface area contributed by atoms with Crippen LogP contribution in [0.3, 0.4) is 0 Å². The second-order valence-electron chi connectivity index (χ2n) is 4.16. The molecule has 3 amide bonds. The molecule has 22 heavy (non-hydrogen) atoms.